The van der Waals surface area contributed by atoms with Gasteiger partial charge in [-0.25, -0.2) is 4.99 Å². The molecule has 0 radical (unpaired) electrons. The van der Waals surface area contributed by atoms with Crippen molar-refractivity contribution < 1.29 is 9.21 Å². The summed E-state index contributed by atoms with van der Waals surface area (Å²) in [5, 5.41) is 0. The summed E-state index contributed by atoms with van der Waals surface area (Å²) in [6.45, 7) is 1.55. The van der Waals surface area contributed by atoms with Crippen molar-refractivity contribution in [1.29, 1.82) is 0 Å². The average molecular weight is 575 g/mol. The minimum atomic E-state index is -0.209. The highest BCUT2D eigenvalue weighted by Crippen LogP contribution is 2.41. The number of aryl methyl sites for hydroxylation is 1. The fourth-order valence-electron chi connectivity index (χ4n) is 5.69. The molecule has 0 amide bonds. The van der Waals surface area contributed by atoms with E-state index in [0.717, 1.165) is 35.2 Å². The summed E-state index contributed by atoms with van der Waals surface area (Å²) in [5.74, 6) is 1.30. The van der Waals surface area contributed by atoms with E-state index in [1.54, 1.807) is 30.8 Å². The molecule has 3 heterocycles. The van der Waals surface area contributed by atoms with E-state index in [0.29, 0.717) is 26.4 Å². The third-order valence-corrected chi connectivity index (χ3v) is 9.51. The number of fused-ring (bicyclic) bond motifs is 3. The second-order valence-corrected chi connectivity index (χ2v) is 12.1. The highest BCUT2D eigenvalue weighted by molar-refractivity contribution is 7.98. The molecule has 0 saturated heterocycles. The molecule has 7 rings (SSSR count). The summed E-state index contributed by atoms with van der Waals surface area (Å²) in [4.78, 5) is 32.6. The van der Waals surface area contributed by atoms with Crippen molar-refractivity contribution in [2.45, 2.75) is 30.7 Å². The summed E-state index contributed by atoms with van der Waals surface area (Å²) >= 11 is 3.10. The molecule has 0 fully saturated rings. The number of allylic oxidation sites excluding steroid dienone is 1. The number of furan rings is 1. The Bertz CT molecular complexity index is 2030. The molecule has 0 N–H and O–H groups in total. The molecule has 0 bridgehead atoms. The molecule has 5 nitrogen and oxygen atoms in total. The second kappa shape index (κ2) is 10.3. The van der Waals surface area contributed by atoms with Gasteiger partial charge in [0.15, 0.2) is 10.6 Å². The van der Waals surface area contributed by atoms with Crippen molar-refractivity contribution in [1.82, 2.24) is 4.57 Å². The predicted molar refractivity (Wildman–Crippen MR) is 165 cm³/mol. The van der Waals surface area contributed by atoms with Gasteiger partial charge in [-0.15, -0.1) is 11.8 Å². The SMILES string of the molecule is CSc1ccc(C2C3=C(N=c4sc(=Cc5ccc(-c6ccc(C(C)=O)cc6)o5)c(=O)n42)c2ccccc2CC3)cc1. The first-order valence-electron chi connectivity index (χ1n) is 13.5. The Morgan fingerprint density at radius 1 is 1.00 bits per heavy atom. The Balaban J connectivity index is 1.35. The summed E-state index contributed by atoms with van der Waals surface area (Å²) in [5.41, 5.74) is 7.18. The lowest BCUT2D eigenvalue weighted by molar-refractivity contribution is 0.101. The van der Waals surface area contributed by atoms with Gasteiger partial charge in [-0.05, 0) is 67.0 Å². The topological polar surface area (TPSA) is 64.6 Å². The van der Waals surface area contributed by atoms with Crippen LogP contribution in [0.25, 0.3) is 23.1 Å². The van der Waals surface area contributed by atoms with E-state index in [-0.39, 0.29) is 17.4 Å². The third kappa shape index (κ3) is 4.55. The van der Waals surface area contributed by atoms with Crippen LogP contribution < -0.4 is 14.9 Å². The fraction of sp³-hybridized carbons (Fsp3) is 0.147. The maximum absolute atomic E-state index is 14.0. The summed E-state index contributed by atoms with van der Waals surface area (Å²) in [6.07, 6.45) is 5.66. The van der Waals surface area contributed by atoms with Crippen molar-refractivity contribution in [2.75, 3.05) is 6.26 Å². The van der Waals surface area contributed by atoms with Crippen molar-refractivity contribution in [3.63, 3.8) is 0 Å². The summed E-state index contributed by atoms with van der Waals surface area (Å²) < 4.78 is 8.56. The minimum absolute atomic E-state index is 0.0238. The standard InChI is InChI=1S/C34H26N2O3S2/c1-20(37)21-7-9-23(10-8-21)29-18-14-25(39-29)19-30-33(38)36-32(24-11-15-26(40-2)16-12-24)28-17-13-22-5-3-4-6-27(22)31(28)35-34(36)41-30/h3-12,14-16,18-19,32H,13,17H2,1-2H3. The van der Waals surface area contributed by atoms with Crippen LogP contribution in [0, 0.1) is 0 Å². The second-order valence-electron chi connectivity index (χ2n) is 10.2. The van der Waals surface area contributed by atoms with Gasteiger partial charge in [-0.3, -0.25) is 14.2 Å². The molecule has 7 heteroatoms. The third-order valence-electron chi connectivity index (χ3n) is 7.78. The van der Waals surface area contributed by atoms with Crippen LogP contribution in [-0.2, 0) is 6.42 Å². The van der Waals surface area contributed by atoms with Gasteiger partial charge in [0.05, 0.1) is 16.3 Å². The lowest BCUT2D eigenvalue weighted by atomic mass is 9.83. The number of thioether (sulfide) groups is 1. The zero-order valence-electron chi connectivity index (χ0n) is 22.6. The van der Waals surface area contributed by atoms with Crippen LogP contribution in [0.2, 0.25) is 0 Å². The number of benzene rings is 3. The van der Waals surface area contributed by atoms with E-state index in [2.05, 4.69) is 54.8 Å². The van der Waals surface area contributed by atoms with Gasteiger partial charge in [0.25, 0.3) is 5.56 Å². The quantitative estimate of drug-likeness (QED) is 0.178. The largest absolute Gasteiger partial charge is 0.457 e. The Hall–Kier alpha value is -4.20. The molecule has 1 aliphatic heterocycles. The smallest absolute Gasteiger partial charge is 0.271 e. The molecule has 5 aromatic rings. The Kier molecular flexibility index (Phi) is 6.48. The molecule has 2 aromatic heterocycles. The van der Waals surface area contributed by atoms with Crippen LogP contribution in [0.15, 0.2) is 110 Å². The van der Waals surface area contributed by atoms with E-state index >= 15 is 0 Å². The first-order valence-corrected chi connectivity index (χ1v) is 15.5. The normalized spacial score (nSPS) is 16.1. The molecular formula is C34H26N2O3S2. The maximum Gasteiger partial charge on any atom is 0.271 e. The van der Waals surface area contributed by atoms with Crippen molar-refractivity contribution >= 4 is 40.7 Å². The highest BCUT2D eigenvalue weighted by Gasteiger charge is 2.32. The average Bonchev–Trinajstić information content (AvgIpc) is 3.60. The van der Waals surface area contributed by atoms with E-state index < -0.39 is 0 Å². The molecule has 3 aromatic carbocycles. The van der Waals surface area contributed by atoms with E-state index in [1.165, 1.54) is 27.4 Å². The number of rotatable bonds is 5. The monoisotopic (exact) mass is 574 g/mol. The number of ketones is 1. The minimum Gasteiger partial charge on any atom is -0.457 e. The van der Waals surface area contributed by atoms with E-state index in [9.17, 15) is 9.59 Å². The molecule has 1 aliphatic carbocycles. The van der Waals surface area contributed by atoms with Gasteiger partial charge in [0.2, 0.25) is 0 Å². The lowest BCUT2D eigenvalue weighted by Crippen LogP contribution is -2.38. The van der Waals surface area contributed by atoms with Crippen LogP contribution in [0.1, 0.15) is 52.2 Å². The van der Waals surface area contributed by atoms with Crippen molar-refractivity contribution in [3.8, 4) is 11.3 Å². The first-order chi connectivity index (χ1) is 20.0. The van der Waals surface area contributed by atoms with Crippen LogP contribution in [0.3, 0.4) is 0 Å². The zero-order valence-corrected chi connectivity index (χ0v) is 24.2. The molecule has 1 unspecified atom stereocenters. The molecule has 202 valence electrons. The van der Waals surface area contributed by atoms with Gasteiger partial charge >= 0.3 is 0 Å². The number of hydrogen-bond donors (Lipinski definition) is 0. The Morgan fingerprint density at radius 2 is 1.78 bits per heavy atom. The highest BCUT2D eigenvalue weighted by atomic mass is 32.2. The lowest BCUT2D eigenvalue weighted by Gasteiger charge is -2.30. The Labute approximate surface area is 245 Å². The number of carbonyl (C=O) groups excluding carboxylic acids is 1. The van der Waals surface area contributed by atoms with E-state index in [4.69, 9.17) is 9.41 Å². The van der Waals surface area contributed by atoms with E-state index in [1.807, 2.05) is 34.9 Å². The number of carbonyl (C=O) groups is 1. The number of aromatic nitrogens is 1. The number of Topliss-reactive ketones (excluding diaryl/α,β-unsaturated/α-hetero) is 1. The van der Waals surface area contributed by atoms with Crippen molar-refractivity contribution in [3.05, 3.63) is 138 Å². The zero-order chi connectivity index (χ0) is 28.1. The van der Waals surface area contributed by atoms with Crippen LogP contribution in [-0.4, -0.2) is 16.6 Å². The molecule has 1 atom stereocenters. The number of nitrogens with zero attached hydrogens (tertiary/aromatic N) is 2. The molecular weight excluding hydrogens is 549 g/mol. The molecule has 0 saturated carbocycles. The number of thiazole rings is 1. The van der Waals surface area contributed by atoms with Crippen LogP contribution in [0.4, 0.5) is 0 Å². The van der Waals surface area contributed by atoms with Gasteiger partial charge in [-0.2, -0.15) is 0 Å². The molecule has 2 aliphatic rings. The first kappa shape index (κ1) is 25.7. The summed E-state index contributed by atoms with van der Waals surface area (Å²) in [6, 6.07) is 27.9. The van der Waals surface area contributed by atoms with Crippen LogP contribution in [0.5, 0.6) is 0 Å². The van der Waals surface area contributed by atoms with Gasteiger partial charge in [0.1, 0.15) is 11.5 Å². The van der Waals surface area contributed by atoms with Crippen LogP contribution >= 0.6 is 23.1 Å². The fourth-order valence-corrected chi connectivity index (χ4v) is 7.08. The molecule has 0 spiro atoms. The van der Waals surface area contributed by atoms with Gasteiger partial charge in [-0.1, -0.05) is 72.0 Å². The molecule has 41 heavy (non-hydrogen) atoms. The number of hydrogen-bond acceptors (Lipinski definition) is 6. The Morgan fingerprint density at radius 3 is 2.54 bits per heavy atom. The maximum atomic E-state index is 14.0. The predicted octanol–water partition coefficient (Wildman–Crippen LogP) is 6.50. The van der Waals surface area contributed by atoms with Gasteiger partial charge < -0.3 is 4.42 Å². The van der Waals surface area contributed by atoms with Gasteiger partial charge in [0, 0.05) is 27.7 Å². The summed E-state index contributed by atoms with van der Waals surface area (Å²) in [7, 11) is 0. The van der Waals surface area contributed by atoms with Crippen molar-refractivity contribution in [2.24, 2.45) is 4.99 Å².